The SMILES string of the molecule is CC12C[C@H](O)[C@@]3(F)C(CCC4=CC(=O)CCC43C)C1CC[C@]2(O)C(=O)CO. The minimum atomic E-state index is -1.88. The van der Waals surface area contributed by atoms with Gasteiger partial charge >= 0.3 is 0 Å². The maximum atomic E-state index is 16.8. The fourth-order valence-electron chi connectivity index (χ4n) is 7.16. The van der Waals surface area contributed by atoms with Gasteiger partial charge < -0.3 is 15.3 Å². The quantitative estimate of drug-likeness (QED) is 0.680. The summed E-state index contributed by atoms with van der Waals surface area (Å²) in [6.07, 6.45) is 2.65. The standard InChI is InChI=1S/C21H29FO5/c1-18-7-5-13(24)9-12(18)3-4-15-14-6-8-20(27,17(26)11-23)19(14,2)10-16(25)21(15,18)22/h9,14-16,23,25,27H,3-8,10-11H2,1-2H3/t14?,15?,16-,18?,19?,20-,21-/m0/s1. The molecule has 7 atom stereocenters. The Labute approximate surface area is 158 Å². The molecular formula is C21H29FO5. The highest BCUT2D eigenvalue weighted by atomic mass is 19.1. The average Bonchev–Trinajstić information content (AvgIpc) is 2.88. The highest BCUT2D eigenvalue weighted by Gasteiger charge is 2.74. The minimum Gasteiger partial charge on any atom is -0.390 e. The Hall–Kier alpha value is -1.11. The van der Waals surface area contributed by atoms with E-state index >= 15 is 4.39 Å². The zero-order valence-corrected chi connectivity index (χ0v) is 16.0. The maximum absolute atomic E-state index is 16.8. The molecule has 3 saturated carbocycles. The van der Waals surface area contributed by atoms with E-state index in [1.165, 1.54) is 0 Å². The molecule has 0 aliphatic heterocycles. The summed E-state index contributed by atoms with van der Waals surface area (Å²) in [4.78, 5) is 24.2. The molecule has 6 heteroatoms. The first-order chi connectivity index (χ1) is 12.5. The van der Waals surface area contributed by atoms with Gasteiger partial charge in [0.25, 0.3) is 0 Å². The largest absolute Gasteiger partial charge is 0.390 e. The van der Waals surface area contributed by atoms with Gasteiger partial charge in [0.15, 0.2) is 11.6 Å². The number of aliphatic hydroxyl groups excluding tert-OH is 2. The predicted octanol–water partition coefficient (Wildman–Crippen LogP) is 1.87. The molecule has 0 heterocycles. The molecule has 150 valence electrons. The summed E-state index contributed by atoms with van der Waals surface area (Å²) in [5, 5.41) is 31.5. The van der Waals surface area contributed by atoms with Crippen molar-refractivity contribution in [1.82, 2.24) is 0 Å². The Kier molecular flexibility index (Phi) is 4.06. The maximum Gasteiger partial charge on any atom is 0.190 e. The van der Waals surface area contributed by atoms with Crippen molar-refractivity contribution in [1.29, 1.82) is 0 Å². The lowest BCUT2D eigenvalue weighted by atomic mass is 9.44. The lowest BCUT2D eigenvalue weighted by molar-refractivity contribution is -0.226. The molecule has 0 saturated heterocycles. The van der Waals surface area contributed by atoms with Crippen LogP contribution in [-0.4, -0.2) is 50.9 Å². The number of Topliss-reactive ketones (excluding diaryl/α,β-unsaturated/α-hetero) is 1. The molecule has 5 nitrogen and oxygen atoms in total. The van der Waals surface area contributed by atoms with E-state index in [-0.39, 0.29) is 31.0 Å². The molecule has 0 bridgehead atoms. The van der Waals surface area contributed by atoms with E-state index in [2.05, 4.69) is 0 Å². The van der Waals surface area contributed by atoms with Crippen LogP contribution >= 0.6 is 0 Å². The number of carbonyl (C=O) groups is 2. The van der Waals surface area contributed by atoms with Gasteiger partial charge in [-0.1, -0.05) is 19.4 Å². The molecule has 0 aromatic rings. The van der Waals surface area contributed by atoms with Crippen LogP contribution in [0.5, 0.6) is 0 Å². The summed E-state index contributed by atoms with van der Waals surface area (Å²) in [5.41, 5.74) is -4.68. The summed E-state index contributed by atoms with van der Waals surface area (Å²) in [5.74, 6) is -1.36. The van der Waals surface area contributed by atoms with E-state index in [9.17, 15) is 24.9 Å². The van der Waals surface area contributed by atoms with Crippen LogP contribution in [-0.2, 0) is 9.59 Å². The first-order valence-electron chi connectivity index (χ1n) is 10.0. The first kappa shape index (κ1) is 19.2. The summed E-state index contributed by atoms with van der Waals surface area (Å²) < 4.78 is 16.8. The second-order valence-corrected chi connectivity index (χ2v) is 9.61. The lowest BCUT2D eigenvalue weighted by Crippen LogP contribution is -2.69. The van der Waals surface area contributed by atoms with Gasteiger partial charge in [-0.2, -0.15) is 0 Å². The number of fused-ring (bicyclic) bond motifs is 5. The molecule has 27 heavy (non-hydrogen) atoms. The summed E-state index contributed by atoms with van der Waals surface area (Å²) in [6.45, 7) is 2.83. The molecular weight excluding hydrogens is 351 g/mol. The molecule has 4 aliphatic rings. The monoisotopic (exact) mass is 380 g/mol. The van der Waals surface area contributed by atoms with Crippen molar-refractivity contribution in [3.8, 4) is 0 Å². The average molecular weight is 380 g/mol. The number of aliphatic hydroxyl groups is 3. The fraction of sp³-hybridized carbons (Fsp3) is 0.810. The van der Waals surface area contributed by atoms with E-state index in [0.717, 1.165) is 5.57 Å². The van der Waals surface area contributed by atoms with Crippen LogP contribution in [0.15, 0.2) is 11.6 Å². The van der Waals surface area contributed by atoms with Crippen molar-refractivity contribution in [2.24, 2.45) is 22.7 Å². The second kappa shape index (κ2) is 5.71. The zero-order chi connectivity index (χ0) is 19.8. The van der Waals surface area contributed by atoms with Crippen LogP contribution in [0, 0.1) is 22.7 Å². The van der Waals surface area contributed by atoms with Crippen LogP contribution in [0.25, 0.3) is 0 Å². The number of hydrogen-bond acceptors (Lipinski definition) is 5. The first-order valence-corrected chi connectivity index (χ1v) is 10.0. The molecule has 3 N–H and O–H groups in total. The Morgan fingerprint density at radius 2 is 1.93 bits per heavy atom. The van der Waals surface area contributed by atoms with Crippen molar-refractivity contribution in [3.05, 3.63) is 11.6 Å². The van der Waals surface area contributed by atoms with Crippen LogP contribution in [0.4, 0.5) is 4.39 Å². The molecule has 0 aromatic heterocycles. The van der Waals surface area contributed by atoms with Crippen LogP contribution < -0.4 is 0 Å². The highest BCUT2D eigenvalue weighted by Crippen LogP contribution is 2.70. The van der Waals surface area contributed by atoms with Crippen molar-refractivity contribution < 1.29 is 29.3 Å². The van der Waals surface area contributed by atoms with E-state index in [1.54, 1.807) is 13.0 Å². The van der Waals surface area contributed by atoms with Gasteiger partial charge in [0.1, 0.15) is 17.9 Å². The van der Waals surface area contributed by atoms with E-state index < -0.39 is 46.5 Å². The Morgan fingerprint density at radius 3 is 2.59 bits per heavy atom. The topological polar surface area (TPSA) is 94.8 Å². The normalized spacial score (nSPS) is 51.9. The highest BCUT2D eigenvalue weighted by molar-refractivity contribution is 5.92. The molecule has 0 amide bonds. The van der Waals surface area contributed by atoms with Gasteiger partial charge in [-0.05, 0) is 50.5 Å². The number of carbonyl (C=O) groups excluding carboxylic acids is 2. The molecule has 3 fully saturated rings. The van der Waals surface area contributed by atoms with E-state index in [4.69, 9.17) is 0 Å². The van der Waals surface area contributed by atoms with E-state index in [1.807, 2.05) is 6.92 Å². The smallest absolute Gasteiger partial charge is 0.190 e. The van der Waals surface area contributed by atoms with Gasteiger partial charge in [-0.15, -0.1) is 0 Å². The van der Waals surface area contributed by atoms with Crippen LogP contribution in [0.1, 0.15) is 58.8 Å². The number of rotatable bonds is 2. The van der Waals surface area contributed by atoms with Crippen molar-refractivity contribution in [2.45, 2.75) is 76.2 Å². The minimum absolute atomic E-state index is 0.0171. The third kappa shape index (κ3) is 2.10. The van der Waals surface area contributed by atoms with Gasteiger partial charge in [0.2, 0.25) is 0 Å². The molecule has 0 aromatic carbocycles. The summed E-state index contributed by atoms with van der Waals surface area (Å²) in [6, 6.07) is 0. The van der Waals surface area contributed by atoms with Crippen LogP contribution in [0.3, 0.4) is 0 Å². The van der Waals surface area contributed by atoms with Gasteiger partial charge in [0, 0.05) is 23.2 Å². The molecule has 4 aliphatic carbocycles. The fourth-order valence-corrected chi connectivity index (χ4v) is 7.16. The summed E-state index contributed by atoms with van der Waals surface area (Å²) in [7, 11) is 0. The van der Waals surface area contributed by atoms with Gasteiger partial charge in [-0.3, -0.25) is 9.59 Å². The predicted molar refractivity (Wildman–Crippen MR) is 95.5 cm³/mol. The zero-order valence-electron chi connectivity index (χ0n) is 16.0. The molecule has 4 rings (SSSR count). The molecule has 4 unspecified atom stereocenters. The number of hydrogen-bond donors (Lipinski definition) is 3. The second-order valence-electron chi connectivity index (χ2n) is 9.61. The van der Waals surface area contributed by atoms with Crippen molar-refractivity contribution in [2.75, 3.05) is 6.61 Å². The third-order valence-electron chi connectivity index (χ3n) is 8.80. The van der Waals surface area contributed by atoms with Crippen molar-refractivity contribution in [3.63, 3.8) is 0 Å². The van der Waals surface area contributed by atoms with Gasteiger partial charge in [-0.25, -0.2) is 4.39 Å². The van der Waals surface area contributed by atoms with Crippen LogP contribution in [0.2, 0.25) is 0 Å². The van der Waals surface area contributed by atoms with Crippen molar-refractivity contribution >= 4 is 11.6 Å². The number of alkyl halides is 1. The molecule has 0 radical (unpaired) electrons. The van der Waals surface area contributed by atoms with Gasteiger partial charge in [0.05, 0.1) is 6.10 Å². The Bertz CT molecular complexity index is 734. The third-order valence-corrected chi connectivity index (χ3v) is 8.80. The number of allylic oxidation sites excluding steroid dienone is 1. The number of ketones is 2. The Morgan fingerprint density at radius 1 is 1.22 bits per heavy atom. The summed E-state index contributed by atoms with van der Waals surface area (Å²) >= 11 is 0. The lowest BCUT2D eigenvalue weighted by Gasteiger charge is -2.63. The van der Waals surface area contributed by atoms with E-state index in [0.29, 0.717) is 25.7 Å². The number of halogens is 1. The molecule has 0 spiro atoms. The Balaban J connectivity index is 1.80.